The van der Waals surface area contributed by atoms with Crippen LogP contribution in [0, 0.1) is 0 Å². The summed E-state index contributed by atoms with van der Waals surface area (Å²) in [6, 6.07) is 6.60. The number of carbonyl (C=O) groups is 2. The maximum Gasteiger partial charge on any atom is 0.344 e. The summed E-state index contributed by atoms with van der Waals surface area (Å²) in [6.45, 7) is 1.40. The lowest BCUT2D eigenvalue weighted by Gasteiger charge is -2.07. The first-order valence-corrected chi connectivity index (χ1v) is 10.3. The number of aromatic nitrogens is 2. The number of aromatic amines is 1. The number of nitrogens with one attached hydrogen (secondary N) is 1. The molecule has 29 heavy (non-hydrogen) atoms. The van der Waals surface area contributed by atoms with Crippen molar-refractivity contribution < 1.29 is 19.1 Å². The molecule has 7 nitrogen and oxygen atoms in total. The standard InChI is InChI=1S/C21H20N2O5S/c1-2-15(24)12-6-8-13(9-7-12)27-11-18(25)28-10-17-22-20(26)19-14-4-3-5-16(14)29-21(19)23-17/h6-9H,2-5,10-11H2,1H3,(H,22,23,26). The number of fused-ring (bicyclic) bond motifs is 3. The van der Waals surface area contributed by atoms with Crippen molar-refractivity contribution in [3.05, 3.63) is 56.4 Å². The van der Waals surface area contributed by atoms with Crippen LogP contribution in [0.25, 0.3) is 10.2 Å². The Balaban J connectivity index is 1.34. The second-order valence-corrected chi connectivity index (χ2v) is 7.88. The largest absolute Gasteiger partial charge is 0.482 e. The Hall–Kier alpha value is -3.00. The Morgan fingerprint density at radius 1 is 1.21 bits per heavy atom. The van der Waals surface area contributed by atoms with E-state index in [-0.39, 0.29) is 24.6 Å². The van der Waals surface area contributed by atoms with Gasteiger partial charge in [-0.1, -0.05) is 6.92 Å². The molecule has 1 N–H and O–H groups in total. The van der Waals surface area contributed by atoms with Crippen LogP contribution in [0.3, 0.4) is 0 Å². The van der Waals surface area contributed by atoms with Crippen molar-refractivity contribution in [2.75, 3.05) is 6.61 Å². The van der Waals surface area contributed by atoms with Gasteiger partial charge in [0.05, 0.1) is 5.39 Å². The average Bonchev–Trinajstić information content (AvgIpc) is 3.31. The van der Waals surface area contributed by atoms with Gasteiger partial charge < -0.3 is 14.5 Å². The van der Waals surface area contributed by atoms with E-state index in [0.29, 0.717) is 33.8 Å². The van der Waals surface area contributed by atoms with Crippen LogP contribution in [-0.2, 0) is 29.0 Å². The minimum atomic E-state index is -0.574. The fourth-order valence-electron chi connectivity index (χ4n) is 3.39. The molecule has 0 amide bonds. The van der Waals surface area contributed by atoms with Crippen molar-refractivity contribution in [3.8, 4) is 5.75 Å². The first-order valence-electron chi connectivity index (χ1n) is 9.50. The van der Waals surface area contributed by atoms with Crippen LogP contribution < -0.4 is 10.3 Å². The third-order valence-corrected chi connectivity index (χ3v) is 6.03. The SMILES string of the molecule is CCC(=O)c1ccc(OCC(=O)OCc2nc3sc4c(c3c(=O)[nH]2)CCC4)cc1. The fourth-order valence-corrected chi connectivity index (χ4v) is 4.67. The maximum absolute atomic E-state index is 12.4. The molecule has 0 fully saturated rings. The molecule has 8 heteroatoms. The summed E-state index contributed by atoms with van der Waals surface area (Å²) in [5, 5.41) is 0.672. The molecule has 1 aromatic carbocycles. The Kier molecular flexibility index (Phi) is 5.44. The van der Waals surface area contributed by atoms with Crippen LogP contribution in [0.5, 0.6) is 5.75 Å². The van der Waals surface area contributed by atoms with Crippen molar-refractivity contribution in [2.45, 2.75) is 39.2 Å². The second-order valence-electron chi connectivity index (χ2n) is 6.80. The number of nitrogens with zero attached hydrogens (tertiary/aromatic N) is 1. The zero-order chi connectivity index (χ0) is 20.4. The highest BCUT2D eigenvalue weighted by atomic mass is 32.1. The van der Waals surface area contributed by atoms with Crippen LogP contribution in [0.15, 0.2) is 29.1 Å². The van der Waals surface area contributed by atoms with Crippen LogP contribution in [-0.4, -0.2) is 28.3 Å². The molecule has 2 heterocycles. The number of ketones is 1. The van der Waals surface area contributed by atoms with Crippen molar-refractivity contribution in [3.63, 3.8) is 0 Å². The smallest absolute Gasteiger partial charge is 0.344 e. The van der Waals surface area contributed by atoms with Gasteiger partial charge in [0.2, 0.25) is 0 Å². The van der Waals surface area contributed by atoms with E-state index in [2.05, 4.69) is 9.97 Å². The molecule has 0 saturated heterocycles. The molecule has 0 aliphatic heterocycles. The quantitative estimate of drug-likeness (QED) is 0.473. The summed E-state index contributed by atoms with van der Waals surface area (Å²) >= 11 is 1.54. The van der Waals surface area contributed by atoms with Gasteiger partial charge in [-0.25, -0.2) is 9.78 Å². The topological polar surface area (TPSA) is 98.3 Å². The lowest BCUT2D eigenvalue weighted by Crippen LogP contribution is -2.18. The van der Waals surface area contributed by atoms with Gasteiger partial charge >= 0.3 is 5.97 Å². The summed E-state index contributed by atoms with van der Waals surface area (Å²) < 4.78 is 10.5. The number of aryl methyl sites for hydroxylation is 2. The molecule has 1 aliphatic rings. The Morgan fingerprint density at radius 2 is 2.00 bits per heavy atom. The predicted molar refractivity (Wildman–Crippen MR) is 109 cm³/mol. The van der Waals surface area contributed by atoms with E-state index >= 15 is 0 Å². The molecule has 0 atom stereocenters. The van der Waals surface area contributed by atoms with Crippen molar-refractivity contribution >= 4 is 33.3 Å². The number of hydrogen-bond acceptors (Lipinski definition) is 7. The molecule has 0 saturated carbocycles. The predicted octanol–water partition coefficient (Wildman–Crippen LogP) is 3.19. The fraction of sp³-hybridized carbons (Fsp3) is 0.333. The lowest BCUT2D eigenvalue weighted by molar-refractivity contribution is -0.147. The van der Waals surface area contributed by atoms with Crippen molar-refractivity contribution in [2.24, 2.45) is 0 Å². The Labute approximate surface area is 170 Å². The molecule has 1 aliphatic carbocycles. The first kappa shape index (κ1) is 19.3. The number of esters is 1. The molecule has 0 bridgehead atoms. The molecular weight excluding hydrogens is 392 g/mol. The molecule has 3 aromatic rings. The molecule has 150 valence electrons. The summed E-state index contributed by atoms with van der Waals surface area (Å²) in [7, 11) is 0. The van der Waals surface area contributed by atoms with E-state index in [9.17, 15) is 14.4 Å². The Morgan fingerprint density at radius 3 is 2.76 bits per heavy atom. The van der Waals surface area contributed by atoms with Gasteiger partial charge in [0.15, 0.2) is 12.4 Å². The summed E-state index contributed by atoms with van der Waals surface area (Å²) in [4.78, 5) is 45.0. The van der Waals surface area contributed by atoms with Gasteiger partial charge in [-0.05, 0) is 49.1 Å². The zero-order valence-corrected chi connectivity index (χ0v) is 16.8. The Bertz CT molecular complexity index is 1130. The normalized spacial score (nSPS) is 12.7. The molecule has 0 spiro atoms. The number of benzene rings is 1. The third kappa shape index (κ3) is 4.07. The van der Waals surface area contributed by atoms with Crippen LogP contribution in [0.2, 0.25) is 0 Å². The van der Waals surface area contributed by atoms with Gasteiger partial charge in [0, 0.05) is 16.9 Å². The third-order valence-electron chi connectivity index (χ3n) is 4.85. The van der Waals surface area contributed by atoms with E-state index in [4.69, 9.17) is 9.47 Å². The van der Waals surface area contributed by atoms with E-state index in [1.165, 1.54) is 4.88 Å². The maximum atomic E-state index is 12.4. The van der Waals surface area contributed by atoms with Crippen molar-refractivity contribution in [1.29, 1.82) is 0 Å². The monoisotopic (exact) mass is 412 g/mol. The van der Waals surface area contributed by atoms with Gasteiger partial charge in [-0.3, -0.25) is 9.59 Å². The summed E-state index contributed by atoms with van der Waals surface area (Å²) in [5.41, 5.74) is 1.54. The lowest BCUT2D eigenvalue weighted by atomic mass is 10.1. The molecule has 2 aromatic heterocycles. The van der Waals surface area contributed by atoms with Gasteiger partial charge in [0.1, 0.15) is 23.0 Å². The van der Waals surface area contributed by atoms with Crippen molar-refractivity contribution in [1.82, 2.24) is 9.97 Å². The highest BCUT2D eigenvalue weighted by molar-refractivity contribution is 7.18. The van der Waals surface area contributed by atoms with Gasteiger partial charge in [-0.15, -0.1) is 11.3 Å². The van der Waals surface area contributed by atoms with E-state index in [1.54, 1.807) is 42.5 Å². The van der Waals surface area contributed by atoms with E-state index in [0.717, 1.165) is 24.8 Å². The number of Topliss-reactive ketones (excluding diaryl/α,β-unsaturated/α-hetero) is 1. The number of rotatable bonds is 7. The van der Waals surface area contributed by atoms with Crippen LogP contribution in [0.4, 0.5) is 0 Å². The summed E-state index contributed by atoms with van der Waals surface area (Å²) in [6.07, 6.45) is 3.42. The second kappa shape index (κ2) is 8.16. The molecule has 4 rings (SSSR count). The zero-order valence-electron chi connectivity index (χ0n) is 15.9. The van der Waals surface area contributed by atoms with Gasteiger partial charge in [0.25, 0.3) is 5.56 Å². The van der Waals surface area contributed by atoms with E-state index in [1.807, 2.05) is 0 Å². The van der Waals surface area contributed by atoms with E-state index < -0.39 is 5.97 Å². The van der Waals surface area contributed by atoms with Gasteiger partial charge in [-0.2, -0.15) is 0 Å². The highest BCUT2D eigenvalue weighted by Gasteiger charge is 2.21. The number of ether oxygens (including phenoxy) is 2. The average molecular weight is 412 g/mol. The number of hydrogen-bond donors (Lipinski definition) is 1. The first-order chi connectivity index (χ1) is 14.0. The number of thiophene rings is 1. The number of carbonyl (C=O) groups excluding carboxylic acids is 2. The molecular formula is C21H20N2O5S. The summed E-state index contributed by atoms with van der Waals surface area (Å²) in [5.74, 6) is 0.259. The van der Waals surface area contributed by atoms with Crippen LogP contribution in [0.1, 0.15) is 46.4 Å². The molecule has 0 radical (unpaired) electrons. The number of H-pyrrole nitrogens is 1. The highest BCUT2D eigenvalue weighted by Crippen LogP contribution is 2.34. The minimum Gasteiger partial charge on any atom is -0.482 e. The van der Waals surface area contributed by atoms with Crippen LogP contribution >= 0.6 is 11.3 Å². The molecule has 0 unspecified atom stereocenters. The minimum absolute atomic E-state index is 0.0467.